The molecule has 0 bridgehead atoms. The quantitative estimate of drug-likeness (QED) is 0.808. The minimum atomic E-state index is 0.800. The molecule has 0 aliphatic rings. The summed E-state index contributed by atoms with van der Waals surface area (Å²) in [5.74, 6) is 1.76. The van der Waals surface area contributed by atoms with Crippen LogP contribution in [0.2, 0.25) is 0 Å². The molecular formula is C7H5BrN2OS2. The van der Waals surface area contributed by atoms with Crippen LogP contribution in [0.5, 0.6) is 0 Å². The van der Waals surface area contributed by atoms with E-state index < -0.39 is 0 Å². The van der Waals surface area contributed by atoms with E-state index in [4.69, 9.17) is 4.42 Å². The molecule has 0 atom stereocenters. The number of thioether (sulfide) groups is 1. The highest BCUT2D eigenvalue weighted by Gasteiger charge is 2.03. The molecule has 0 aliphatic heterocycles. The number of aromatic nitrogens is 2. The van der Waals surface area contributed by atoms with Crippen molar-refractivity contribution in [3.63, 3.8) is 0 Å². The van der Waals surface area contributed by atoms with E-state index in [0.29, 0.717) is 0 Å². The molecule has 0 saturated carbocycles. The third-order valence-electron chi connectivity index (χ3n) is 1.30. The molecule has 0 aromatic carbocycles. The van der Waals surface area contributed by atoms with E-state index in [9.17, 15) is 0 Å². The van der Waals surface area contributed by atoms with Crippen molar-refractivity contribution in [2.75, 3.05) is 0 Å². The number of hydrogen-bond acceptors (Lipinski definition) is 5. The van der Waals surface area contributed by atoms with Gasteiger partial charge in [0.2, 0.25) is 0 Å². The molecule has 0 radical (unpaired) electrons. The van der Waals surface area contributed by atoms with Gasteiger partial charge in [0.1, 0.15) is 5.76 Å². The predicted octanol–water partition coefficient (Wildman–Crippen LogP) is 3.19. The summed E-state index contributed by atoms with van der Waals surface area (Å²) in [7, 11) is 0. The maximum atomic E-state index is 5.19. The number of furan rings is 1. The van der Waals surface area contributed by atoms with E-state index in [1.54, 1.807) is 18.0 Å². The fraction of sp³-hybridized carbons (Fsp3) is 0.143. The Bertz CT molecular complexity index is 374. The van der Waals surface area contributed by atoms with Gasteiger partial charge in [0, 0.05) is 0 Å². The molecule has 3 nitrogen and oxygen atoms in total. The van der Waals surface area contributed by atoms with Gasteiger partial charge in [0.25, 0.3) is 0 Å². The second-order valence-electron chi connectivity index (χ2n) is 2.19. The smallest absolute Gasteiger partial charge is 0.184 e. The largest absolute Gasteiger partial charge is 0.468 e. The molecule has 2 heterocycles. The summed E-state index contributed by atoms with van der Waals surface area (Å²) >= 11 is 6.40. The summed E-state index contributed by atoms with van der Waals surface area (Å²) in [5, 5.41) is 7.81. The van der Waals surface area contributed by atoms with Crippen LogP contribution in [0.15, 0.2) is 31.1 Å². The van der Waals surface area contributed by atoms with Gasteiger partial charge in [-0.2, -0.15) is 0 Å². The topological polar surface area (TPSA) is 38.9 Å². The molecule has 0 aliphatic carbocycles. The van der Waals surface area contributed by atoms with Crippen LogP contribution in [0.4, 0.5) is 0 Å². The highest BCUT2D eigenvalue weighted by atomic mass is 79.9. The average Bonchev–Trinajstić information content (AvgIpc) is 2.71. The first-order valence-electron chi connectivity index (χ1n) is 3.49. The van der Waals surface area contributed by atoms with Gasteiger partial charge in [-0.1, -0.05) is 23.1 Å². The lowest BCUT2D eigenvalue weighted by molar-refractivity contribution is 0.530. The Morgan fingerprint density at radius 2 is 2.46 bits per heavy atom. The Labute approximate surface area is 91.7 Å². The number of nitrogens with zero attached hydrogens (tertiary/aromatic N) is 2. The summed E-state index contributed by atoms with van der Waals surface area (Å²) in [6, 6.07) is 3.83. The zero-order valence-electron chi connectivity index (χ0n) is 6.44. The van der Waals surface area contributed by atoms with Crippen molar-refractivity contribution in [3.8, 4) is 0 Å². The van der Waals surface area contributed by atoms with E-state index in [-0.39, 0.29) is 0 Å². The van der Waals surface area contributed by atoms with Gasteiger partial charge in [0.15, 0.2) is 8.26 Å². The third-order valence-corrected chi connectivity index (χ3v) is 3.81. The molecule has 0 unspecified atom stereocenters. The summed E-state index contributed by atoms with van der Waals surface area (Å²) < 4.78 is 6.95. The standard InChI is InChI=1S/C7H5BrN2OS2/c8-6-9-10-7(13-6)12-4-5-2-1-3-11-5/h1-3H,4H2. The fourth-order valence-corrected chi connectivity index (χ4v) is 3.12. The van der Waals surface area contributed by atoms with Crippen molar-refractivity contribution >= 4 is 39.0 Å². The molecule has 0 spiro atoms. The van der Waals surface area contributed by atoms with E-state index in [2.05, 4.69) is 26.1 Å². The second kappa shape index (κ2) is 4.26. The second-order valence-corrected chi connectivity index (χ2v) is 5.66. The zero-order chi connectivity index (χ0) is 9.10. The highest BCUT2D eigenvalue weighted by molar-refractivity contribution is 9.11. The molecule has 0 fully saturated rings. The lowest BCUT2D eigenvalue weighted by Crippen LogP contribution is -1.74. The van der Waals surface area contributed by atoms with Crippen LogP contribution >= 0.6 is 39.0 Å². The van der Waals surface area contributed by atoms with E-state index in [1.807, 2.05) is 12.1 Å². The van der Waals surface area contributed by atoms with Crippen molar-refractivity contribution in [1.82, 2.24) is 10.2 Å². The first kappa shape index (κ1) is 9.23. The van der Waals surface area contributed by atoms with Gasteiger partial charge in [0.05, 0.1) is 12.0 Å². The van der Waals surface area contributed by atoms with Gasteiger partial charge >= 0.3 is 0 Å². The Kier molecular flexibility index (Phi) is 3.02. The average molecular weight is 277 g/mol. The van der Waals surface area contributed by atoms with Gasteiger partial charge in [-0.05, 0) is 28.1 Å². The normalized spacial score (nSPS) is 10.5. The molecule has 2 aromatic heterocycles. The van der Waals surface area contributed by atoms with Crippen molar-refractivity contribution < 1.29 is 4.42 Å². The Morgan fingerprint density at radius 3 is 3.08 bits per heavy atom. The van der Waals surface area contributed by atoms with Crippen LogP contribution in [0, 0.1) is 0 Å². The maximum Gasteiger partial charge on any atom is 0.184 e. The van der Waals surface area contributed by atoms with Crippen molar-refractivity contribution in [3.05, 3.63) is 28.1 Å². The molecule has 0 N–H and O–H groups in total. The van der Waals surface area contributed by atoms with Crippen molar-refractivity contribution in [2.24, 2.45) is 0 Å². The SMILES string of the molecule is Brc1nnc(SCc2ccco2)s1. The monoisotopic (exact) mass is 276 g/mol. The molecule has 13 heavy (non-hydrogen) atoms. The lowest BCUT2D eigenvalue weighted by Gasteiger charge is -1.90. The predicted molar refractivity (Wildman–Crippen MR) is 55.9 cm³/mol. The summed E-state index contributed by atoms with van der Waals surface area (Å²) in [6.07, 6.45) is 1.67. The summed E-state index contributed by atoms with van der Waals surface area (Å²) in [6.45, 7) is 0. The third kappa shape index (κ3) is 2.55. The maximum absolute atomic E-state index is 5.19. The Hall–Kier alpha value is -0.330. The van der Waals surface area contributed by atoms with Crippen LogP contribution in [0.25, 0.3) is 0 Å². The van der Waals surface area contributed by atoms with E-state index in [1.165, 1.54) is 11.3 Å². The van der Waals surface area contributed by atoms with Crippen molar-refractivity contribution in [2.45, 2.75) is 10.1 Å². The molecule has 2 aromatic rings. The lowest BCUT2D eigenvalue weighted by atomic mass is 10.5. The first-order valence-corrected chi connectivity index (χ1v) is 6.08. The molecule has 0 saturated heterocycles. The number of rotatable bonds is 3. The van der Waals surface area contributed by atoms with Crippen LogP contribution in [0.3, 0.4) is 0 Å². The molecule has 68 valence electrons. The van der Waals surface area contributed by atoms with E-state index >= 15 is 0 Å². The van der Waals surface area contributed by atoms with Crippen LogP contribution in [0.1, 0.15) is 5.76 Å². The fourth-order valence-electron chi connectivity index (χ4n) is 0.779. The zero-order valence-corrected chi connectivity index (χ0v) is 9.66. The first-order chi connectivity index (χ1) is 6.34. The molecule has 2 rings (SSSR count). The van der Waals surface area contributed by atoms with Crippen LogP contribution in [-0.2, 0) is 5.75 Å². The van der Waals surface area contributed by atoms with Gasteiger partial charge in [-0.3, -0.25) is 0 Å². The molecule has 6 heteroatoms. The summed E-state index contributed by atoms with van der Waals surface area (Å²) in [5.41, 5.74) is 0. The van der Waals surface area contributed by atoms with Gasteiger partial charge < -0.3 is 4.42 Å². The van der Waals surface area contributed by atoms with E-state index in [0.717, 1.165) is 19.8 Å². The molecule has 0 amide bonds. The number of hydrogen-bond donors (Lipinski definition) is 0. The van der Waals surface area contributed by atoms with Crippen molar-refractivity contribution in [1.29, 1.82) is 0 Å². The highest BCUT2D eigenvalue weighted by Crippen LogP contribution is 2.28. The Morgan fingerprint density at radius 1 is 1.54 bits per heavy atom. The summed E-state index contributed by atoms with van der Waals surface area (Å²) in [4.78, 5) is 0. The van der Waals surface area contributed by atoms with Crippen LogP contribution < -0.4 is 0 Å². The minimum Gasteiger partial charge on any atom is -0.468 e. The van der Waals surface area contributed by atoms with Gasteiger partial charge in [-0.25, -0.2) is 0 Å². The van der Waals surface area contributed by atoms with Gasteiger partial charge in [-0.15, -0.1) is 10.2 Å². The number of halogens is 1. The minimum absolute atomic E-state index is 0.800. The molecular weight excluding hydrogens is 272 g/mol. The van der Waals surface area contributed by atoms with Crippen LogP contribution in [-0.4, -0.2) is 10.2 Å². The Balaban J connectivity index is 1.93.